The van der Waals surface area contributed by atoms with Crippen molar-refractivity contribution in [2.75, 3.05) is 27.8 Å². The number of rotatable bonds is 8. The van der Waals surface area contributed by atoms with Gasteiger partial charge in [-0.05, 0) is 29.8 Å². The number of nitrogens with one attached hydrogen (secondary N) is 1. The van der Waals surface area contributed by atoms with Crippen molar-refractivity contribution in [2.45, 2.75) is 4.90 Å². The predicted octanol–water partition coefficient (Wildman–Crippen LogP) is 2.13. The molecule has 150 valence electrons. The molecule has 0 spiro atoms. The first-order valence-electron chi connectivity index (χ1n) is 8.03. The third-order valence-electron chi connectivity index (χ3n) is 3.68. The second-order valence-corrected chi connectivity index (χ2v) is 8.08. The van der Waals surface area contributed by atoms with Gasteiger partial charge in [0.05, 0.1) is 27.0 Å². The van der Waals surface area contributed by atoms with E-state index < -0.39 is 22.5 Å². The predicted molar refractivity (Wildman–Crippen MR) is 107 cm³/mol. The van der Waals surface area contributed by atoms with Gasteiger partial charge in [0.25, 0.3) is 5.91 Å². The summed E-state index contributed by atoms with van der Waals surface area (Å²) in [5.41, 5.74) is 2.97. The Morgan fingerprint density at radius 3 is 2.61 bits per heavy atom. The Hall–Kier alpha value is -2.62. The average molecular weight is 426 g/mol. The topological polar surface area (TPSA) is 97.3 Å². The van der Waals surface area contributed by atoms with Crippen molar-refractivity contribution < 1.29 is 22.7 Å². The number of benzene rings is 2. The molecule has 2 rings (SSSR count). The Kier molecular flexibility index (Phi) is 7.38. The van der Waals surface area contributed by atoms with Gasteiger partial charge in [0, 0.05) is 18.1 Å². The van der Waals surface area contributed by atoms with E-state index in [2.05, 4.69) is 10.5 Å². The van der Waals surface area contributed by atoms with Crippen molar-refractivity contribution in [2.24, 2.45) is 5.10 Å². The van der Waals surface area contributed by atoms with Crippen LogP contribution in [0.4, 0.5) is 0 Å². The summed E-state index contributed by atoms with van der Waals surface area (Å²) in [5, 5.41) is 4.34. The van der Waals surface area contributed by atoms with E-state index in [0.717, 1.165) is 4.31 Å². The lowest BCUT2D eigenvalue weighted by atomic mass is 10.2. The molecule has 10 heteroatoms. The number of ether oxygens (including phenoxy) is 2. The van der Waals surface area contributed by atoms with Gasteiger partial charge >= 0.3 is 0 Å². The quantitative estimate of drug-likeness (QED) is 0.516. The van der Waals surface area contributed by atoms with Gasteiger partial charge in [-0.15, -0.1) is 0 Å². The van der Waals surface area contributed by atoms with Crippen LogP contribution in [0.3, 0.4) is 0 Å². The molecule has 28 heavy (non-hydrogen) atoms. The molecule has 1 N–H and O–H groups in total. The summed E-state index contributed by atoms with van der Waals surface area (Å²) in [5.74, 6) is -0.110. The van der Waals surface area contributed by atoms with E-state index >= 15 is 0 Å². The second-order valence-electron chi connectivity index (χ2n) is 5.63. The lowest BCUT2D eigenvalue weighted by Crippen LogP contribution is -2.36. The fourth-order valence-corrected chi connectivity index (χ4v) is 3.73. The number of hydrazone groups is 1. The van der Waals surface area contributed by atoms with Crippen molar-refractivity contribution >= 4 is 33.7 Å². The summed E-state index contributed by atoms with van der Waals surface area (Å²) in [4.78, 5) is 11.9. The zero-order valence-electron chi connectivity index (χ0n) is 15.5. The summed E-state index contributed by atoms with van der Waals surface area (Å²) in [6.45, 7) is -0.435. The first-order chi connectivity index (χ1) is 13.3. The summed E-state index contributed by atoms with van der Waals surface area (Å²) in [7, 11) is 0.0753. The molecule has 0 saturated carbocycles. The van der Waals surface area contributed by atoms with Gasteiger partial charge in [0.1, 0.15) is 16.4 Å². The van der Waals surface area contributed by atoms with Crippen LogP contribution >= 0.6 is 11.6 Å². The van der Waals surface area contributed by atoms with Crippen molar-refractivity contribution in [1.82, 2.24) is 9.73 Å². The average Bonchev–Trinajstić information content (AvgIpc) is 2.67. The molecule has 0 unspecified atom stereocenters. The number of sulfonamides is 1. The molecule has 1 amide bonds. The van der Waals surface area contributed by atoms with E-state index in [4.69, 9.17) is 21.1 Å². The molecule has 8 nitrogen and oxygen atoms in total. The minimum Gasteiger partial charge on any atom is -0.497 e. The zero-order chi connectivity index (χ0) is 20.7. The van der Waals surface area contributed by atoms with Crippen LogP contribution in [-0.2, 0) is 14.8 Å². The van der Waals surface area contributed by atoms with Crippen LogP contribution < -0.4 is 14.9 Å². The fourth-order valence-electron chi connectivity index (χ4n) is 2.24. The molecule has 0 heterocycles. The molecule has 0 aliphatic carbocycles. The third-order valence-corrected chi connectivity index (χ3v) is 5.74. The number of carbonyl (C=O) groups is 1. The van der Waals surface area contributed by atoms with E-state index in [1.54, 1.807) is 30.3 Å². The molecule has 0 radical (unpaired) electrons. The highest BCUT2D eigenvalue weighted by molar-refractivity contribution is 7.89. The molecule has 0 fully saturated rings. The smallest absolute Gasteiger partial charge is 0.255 e. The molecule has 0 bridgehead atoms. The molecular formula is C18H20ClN3O5S. The molecule has 0 aliphatic rings. The molecule has 0 aromatic heterocycles. The summed E-state index contributed by atoms with van der Waals surface area (Å²) in [6.07, 6.45) is 1.41. The van der Waals surface area contributed by atoms with Crippen LogP contribution in [0.15, 0.2) is 52.5 Å². The maximum Gasteiger partial charge on any atom is 0.255 e. The van der Waals surface area contributed by atoms with Crippen LogP contribution in [0.5, 0.6) is 11.5 Å². The number of hydrogen-bond acceptors (Lipinski definition) is 6. The lowest BCUT2D eigenvalue weighted by Gasteiger charge is -2.18. The Morgan fingerprint density at radius 1 is 1.21 bits per heavy atom. The molecule has 2 aromatic carbocycles. The van der Waals surface area contributed by atoms with Crippen LogP contribution in [-0.4, -0.2) is 52.7 Å². The summed E-state index contributed by atoms with van der Waals surface area (Å²) in [6, 6.07) is 11.3. The molecule has 0 saturated heterocycles. The van der Waals surface area contributed by atoms with Crippen LogP contribution in [0, 0.1) is 0 Å². The number of carbonyl (C=O) groups excluding carboxylic acids is 1. The lowest BCUT2D eigenvalue weighted by molar-refractivity contribution is -0.121. The van der Waals surface area contributed by atoms with Gasteiger partial charge < -0.3 is 9.47 Å². The highest BCUT2D eigenvalue weighted by atomic mass is 35.5. The van der Waals surface area contributed by atoms with Crippen molar-refractivity contribution in [1.29, 1.82) is 0 Å². The molecule has 0 atom stereocenters. The maximum atomic E-state index is 12.8. The molecule has 2 aromatic rings. The largest absolute Gasteiger partial charge is 0.497 e. The summed E-state index contributed by atoms with van der Waals surface area (Å²) < 4.78 is 36.7. The molecule has 0 aliphatic heterocycles. The van der Waals surface area contributed by atoms with E-state index in [1.807, 2.05) is 0 Å². The highest BCUT2D eigenvalue weighted by Gasteiger charge is 2.27. The zero-order valence-corrected chi connectivity index (χ0v) is 17.1. The van der Waals surface area contributed by atoms with Crippen LogP contribution in [0.1, 0.15) is 5.56 Å². The second kappa shape index (κ2) is 9.54. The number of methoxy groups -OCH3 is 2. The summed E-state index contributed by atoms with van der Waals surface area (Å²) >= 11 is 5.87. The number of likely N-dealkylation sites (N-methyl/N-ethyl adjacent to an activating group) is 1. The first kappa shape index (κ1) is 21.7. The van der Waals surface area contributed by atoms with E-state index in [1.165, 1.54) is 39.6 Å². The standard InChI is InChI=1S/C18H20ClN3O5S/c1-22(12-18(23)21-20-11-13-5-4-6-14(19)9-13)28(24,25)17-10-15(26-2)7-8-16(17)27-3/h4-11H,12H2,1-3H3,(H,21,23)/b20-11-. The maximum absolute atomic E-state index is 12.8. The highest BCUT2D eigenvalue weighted by Crippen LogP contribution is 2.30. The monoisotopic (exact) mass is 425 g/mol. The number of hydrogen-bond donors (Lipinski definition) is 1. The SMILES string of the molecule is COc1ccc(OC)c(S(=O)(=O)N(C)CC(=O)N/N=C\c2cccc(Cl)c2)c1. The van der Waals surface area contributed by atoms with Crippen molar-refractivity contribution in [3.05, 3.63) is 53.1 Å². The van der Waals surface area contributed by atoms with Gasteiger partial charge in [-0.1, -0.05) is 23.7 Å². The van der Waals surface area contributed by atoms with Gasteiger partial charge in [0.2, 0.25) is 10.0 Å². The van der Waals surface area contributed by atoms with Crippen molar-refractivity contribution in [3.8, 4) is 11.5 Å². The van der Waals surface area contributed by atoms with Crippen molar-refractivity contribution in [3.63, 3.8) is 0 Å². The Labute approximate surface area is 168 Å². The van der Waals surface area contributed by atoms with E-state index in [-0.39, 0.29) is 10.6 Å². The Bertz CT molecular complexity index is 979. The number of nitrogens with zero attached hydrogens (tertiary/aromatic N) is 2. The normalized spacial score (nSPS) is 11.6. The first-order valence-corrected chi connectivity index (χ1v) is 9.85. The van der Waals surface area contributed by atoms with Gasteiger partial charge in [0.15, 0.2) is 0 Å². The molecular weight excluding hydrogens is 406 g/mol. The van der Waals surface area contributed by atoms with Gasteiger partial charge in [-0.25, -0.2) is 13.8 Å². The van der Waals surface area contributed by atoms with Gasteiger partial charge in [-0.2, -0.15) is 9.41 Å². The fraction of sp³-hybridized carbons (Fsp3) is 0.222. The van der Waals surface area contributed by atoms with E-state index in [0.29, 0.717) is 16.3 Å². The van der Waals surface area contributed by atoms with E-state index in [9.17, 15) is 13.2 Å². The number of amides is 1. The van der Waals surface area contributed by atoms with Crippen LogP contribution in [0.2, 0.25) is 5.02 Å². The Morgan fingerprint density at radius 2 is 1.96 bits per heavy atom. The minimum atomic E-state index is -3.99. The third kappa shape index (κ3) is 5.44. The minimum absolute atomic E-state index is 0.105. The number of halogens is 1. The van der Waals surface area contributed by atoms with Gasteiger partial charge in [-0.3, -0.25) is 4.79 Å². The van der Waals surface area contributed by atoms with Crippen LogP contribution in [0.25, 0.3) is 0 Å². The Balaban J connectivity index is 2.08.